The van der Waals surface area contributed by atoms with Gasteiger partial charge in [0.2, 0.25) is 0 Å². The van der Waals surface area contributed by atoms with Crippen molar-refractivity contribution in [3.8, 4) is 0 Å². The first-order chi connectivity index (χ1) is 7.88. The van der Waals surface area contributed by atoms with E-state index in [2.05, 4.69) is 0 Å². The van der Waals surface area contributed by atoms with Crippen LogP contribution in [0.15, 0.2) is 24.3 Å². The molecule has 0 fully saturated rings. The van der Waals surface area contributed by atoms with E-state index in [1.807, 2.05) is 0 Å². The van der Waals surface area contributed by atoms with Crippen LogP contribution in [0.5, 0.6) is 0 Å². The van der Waals surface area contributed by atoms with Gasteiger partial charge in [-0.3, -0.25) is 0 Å². The van der Waals surface area contributed by atoms with Gasteiger partial charge < -0.3 is 10.5 Å². The van der Waals surface area contributed by atoms with Gasteiger partial charge in [-0.1, -0.05) is 12.1 Å². The van der Waals surface area contributed by atoms with Gasteiger partial charge in [0, 0.05) is 0 Å². The third kappa shape index (κ3) is 5.65. The molecule has 1 unspecified atom stereocenters. The molecule has 0 aliphatic rings. The second-order valence-corrected chi connectivity index (χ2v) is 3.60. The van der Waals surface area contributed by atoms with Gasteiger partial charge in [0.05, 0.1) is 25.7 Å². The highest BCUT2D eigenvalue weighted by Gasteiger charge is 2.26. The van der Waals surface area contributed by atoms with Crippen LogP contribution in [0, 0.1) is 5.82 Å². The van der Waals surface area contributed by atoms with Crippen molar-refractivity contribution < 1.29 is 22.3 Å². The van der Waals surface area contributed by atoms with Gasteiger partial charge in [-0.15, -0.1) is 0 Å². The van der Waals surface area contributed by atoms with Gasteiger partial charge in [-0.2, -0.15) is 13.2 Å². The van der Waals surface area contributed by atoms with E-state index in [0.717, 1.165) is 0 Å². The number of benzene rings is 1. The number of alkyl halides is 3. The lowest BCUT2D eigenvalue weighted by molar-refractivity contribution is -0.145. The van der Waals surface area contributed by atoms with Crippen LogP contribution in [0.4, 0.5) is 17.6 Å². The maximum Gasteiger partial charge on any atom is 0.391 e. The van der Waals surface area contributed by atoms with Crippen molar-refractivity contribution in [2.75, 3.05) is 13.2 Å². The first kappa shape index (κ1) is 13.9. The summed E-state index contributed by atoms with van der Waals surface area (Å²) in [5.41, 5.74) is 6.14. The quantitative estimate of drug-likeness (QED) is 0.645. The second kappa shape index (κ2) is 5.97. The fourth-order valence-electron chi connectivity index (χ4n) is 1.23. The molecule has 2 N–H and O–H groups in total. The molecule has 1 aromatic carbocycles. The molecule has 0 aromatic heterocycles. The van der Waals surface area contributed by atoms with Gasteiger partial charge in [-0.25, -0.2) is 4.39 Å². The molecule has 6 heteroatoms. The Morgan fingerprint density at radius 3 is 2.59 bits per heavy atom. The van der Waals surface area contributed by atoms with E-state index in [4.69, 9.17) is 10.5 Å². The highest BCUT2D eigenvalue weighted by atomic mass is 19.4. The number of hydrogen-bond donors (Lipinski definition) is 1. The molecule has 0 radical (unpaired) electrons. The SMILES string of the molecule is NC(COCCC(F)(F)F)c1cccc(F)c1. The van der Waals surface area contributed by atoms with Gasteiger partial charge in [0.1, 0.15) is 5.82 Å². The molecule has 0 amide bonds. The van der Waals surface area contributed by atoms with Crippen LogP contribution in [0.25, 0.3) is 0 Å². The third-order valence-electron chi connectivity index (χ3n) is 2.10. The van der Waals surface area contributed by atoms with Gasteiger partial charge in [0.25, 0.3) is 0 Å². The van der Waals surface area contributed by atoms with E-state index in [-0.39, 0.29) is 6.61 Å². The summed E-state index contributed by atoms with van der Waals surface area (Å²) in [5, 5.41) is 0. The molecule has 0 aliphatic carbocycles. The summed E-state index contributed by atoms with van der Waals surface area (Å²) in [6.07, 6.45) is -5.24. The zero-order valence-corrected chi connectivity index (χ0v) is 9.01. The van der Waals surface area contributed by atoms with Crippen molar-refractivity contribution in [1.82, 2.24) is 0 Å². The minimum atomic E-state index is -4.23. The Labute approximate surface area is 96.4 Å². The highest BCUT2D eigenvalue weighted by Crippen LogP contribution is 2.19. The summed E-state index contributed by atoms with van der Waals surface area (Å²) < 4.78 is 53.0. The minimum absolute atomic E-state index is 0.0699. The van der Waals surface area contributed by atoms with Crippen molar-refractivity contribution in [2.24, 2.45) is 5.73 Å². The average Bonchev–Trinajstić information content (AvgIpc) is 2.23. The largest absolute Gasteiger partial charge is 0.391 e. The Morgan fingerprint density at radius 1 is 1.29 bits per heavy atom. The standard InChI is InChI=1S/C11H13F4NO/c12-9-3-1-2-8(6-9)10(16)7-17-5-4-11(13,14)15/h1-3,6,10H,4-5,7,16H2. The van der Waals surface area contributed by atoms with Crippen LogP contribution in [0.2, 0.25) is 0 Å². The smallest absolute Gasteiger partial charge is 0.379 e. The highest BCUT2D eigenvalue weighted by molar-refractivity contribution is 5.19. The monoisotopic (exact) mass is 251 g/mol. The summed E-state index contributed by atoms with van der Waals surface area (Å²) in [4.78, 5) is 0. The Bertz CT molecular complexity index is 354. The predicted octanol–water partition coefficient (Wildman–Crippen LogP) is 2.79. The average molecular weight is 251 g/mol. The summed E-state index contributed by atoms with van der Waals surface area (Å²) in [6, 6.07) is 4.96. The normalized spacial score (nSPS) is 13.7. The fraction of sp³-hybridized carbons (Fsp3) is 0.455. The summed E-state index contributed by atoms with van der Waals surface area (Å²) >= 11 is 0. The fourth-order valence-corrected chi connectivity index (χ4v) is 1.23. The van der Waals surface area contributed by atoms with Gasteiger partial charge >= 0.3 is 6.18 Å². The number of nitrogens with two attached hydrogens (primary N) is 1. The Morgan fingerprint density at radius 2 is 2.00 bits per heavy atom. The topological polar surface area (TPSA) is 35.2 Å². The summed E-state index contributed by atoms with van der Waals surface area (Å²) in [5.74, 6) is -0.437. The molecule has 96 valence electrons. The van der Waals surface area contributed by atoms with Gasteiger partial charge in [0.15, 0.2) is 0 Å². The zero-order chi connectivity index (χ0) is 12.9. The predicted molar refractivity (Wildman–Crippen MR) is 54.8 cm³/mol. The van der Waals surface area contributed by atoms with Crippen molar-refractivity contribution in [3.63, 3.8) is 0 Å². The van der Waals surface area contributed by atoms with E-state index >= 15 is 0 Å². The molecule has 0 aliphatic heterocycles. The van der Waals surface area contributed by atoms with E-state index in [0.29, 0.717) is 5.56 Å². The summed E-state index contributed by atoms with van der Waals surface area (Å²) in [6.45, 7) is -0.508. The molecule has 17 heavy (non-hydrogen) atoms. The van der Waals surface area contributed by atoms with Crippen molar-refractivity contribution >= 4 is 0 Å². The molecule has 1 atom stereocenters. The van der Waals surface area contributed by atoms with Crippen LogP contribution in [-0.4, -0.2) is 19.4 Å². The lowest BCUT2D eigenvalue weighted by Gasteiger charge is -2.13. The molecule has 0 saturated carbocycles. The van der Waals surface area contributed by atoms with Crippen LogP contribution < -0.4 is 5.73 Å². The number of rotatable bonds is 5. The molecular weight excluding hydrogens is 238 g/mol. The maximum atomic E-state index is 12.8. The number of ether oxygens (including phenoxy) is 1. The second-order valence-electron chi connectivity index (χ2n) is 3.60. The van der Waals surface area contributed by atoms with E-state index in [1.165, 1.54) is 18.2 Å². The first-order valence-electron chi connectivity index (χ1n) is 5.04. The Kier molecular flexibility index (Phi) is 4.89. The van der Waals surface area contributed by atoms with E-state index in [1.54, 1.807) is 6.07 Å². The van der Waals surface area contributed by atoms with Crippen LogP contribution in [-0.2, 0) is 4.74 Å². The molecule has 2 nitrogen and oxygen atoms in total. The summed E-state index contributed by atoms with van der Waals surface area (Å²) in [7, 11) is 0. The molecule has 0 saturated heterocycles. The molecule has 0 bridgehead atoms. The Balaban J connectivity index is 2.33. The molecular formula is C11H13F4NO. The van der Waals surface area contributed by atoms with Crippen molar-refractivity contribution in [3.05, 3.63) is 35.6 Å². The number of hydrogen-bond acceptors (Lipinski definition) is 2. The van der Waals surface area contributed by atoms with Crippen LogP contribution in [0.1, 0.15) is 18.0 Å². The van der Waals surface area contributed by atoms with Crippen LogP contribution in [0.3, 0.4) is 0 Å². The molecule has 1 rings (SSSR count). The molecule has 1 aromatic rings. The Hall–Kier alpha value is -1.14. The van der Waals surface area contributed by atoms with E-state index < -0.39 is 31.1 Å². The lowest BCUT2D eigenvalue weighted by Crippen LogP contribution is -2.19. The van der Waals surface area contributed by atoms with Crippen LogP contribution >= 0.6 is 0 Å². The minimum Gasteiger partial charge on any atom is -0.379 e. The van der Waals surface area contributed by atoms with E-state index in [9.17, 15) is 17.6 Å². The van der Waals surface area contributed by atoms with Gasteiger partial charge in [-0.05, 0) is 17.7 Å². The molecule has 0 spiro atoms. The zero-order valence-electron chi connectivity index (χ0n) is 9.01. The third-order valence-corrected chi connectivity index (χ3v) is 2.10. The van der Waals surface area contributed by atoms with Crippen molar-refractivity contribution in [1.29, 1.82) is 0 Å². The first-order valence-corrected chi connectivity index (χ1v) is 5.04. The number of halogens is 4. The van der Waals surface area contributed by atoms with Crippen molar-refractivity contribution in [2.45, 2.75) is 18.6 Å². The maximum absolute atomic E-state index is 12.8. The molecule has 0 heterocycles. The lowest BCUT2D eigenvalue weighted by atomic mass is 10.1.